The maximum Gasteiger partial charge on any atom is 0.0716 e. The Morgan fingerprint density at radius 2 is 1.63 bits per heavy atom. The highest BCUT2D eigenvalue weighted by molar-refractivity contribution is 5.99. The van der Waals surface area contributed by atoms with Gasteiger partial charge in [0.25, 0.3) is 0 Å². The number of aliphatic imine (C=N–C) groups is 1. The lowest BCUT2D eigenvalue weighted by molar-refractivity contribution is 0.380. The molecule has 0 spiro atoms. The summed E-state index contributed by atoms with van der Waals surface area (Å²) in [5, 5.41) is 0. The Kier molecular flexibility index (Phi) is 8.17. The molecule has 3 rings (SSSR count). The van der Waals surface area contributed by atoms with Crippen LogP contribution in [0.1, 0.15) is 90.0 Å². The lowest BCUT2D eigenvalue weighted by Crippen LogP contribution is -2.09. The standard InChI is InChI=1S/C26H39N/c1-3-5-10-21-13-9-14-22(16-15-21)17-18-26-24(4-2)20-25(27-26)19-23-11-7-6-8-12-23/h6-8,11-12,20-22,26H,3-5,9-10,13-19H2,1-2H3. The topological polar surface area (TPSA) is 12.4 Å². The molecular formula is C26H39N. The van der Waals surface area contributed by atoms with E-state index in [1.165, 1.54) is 75.5 Å². The maximum absolute atomic E-state index is 5.12. The average Bonchev–Trinajstić information content (AvgIpc) is 2.94. The van der Waals surface area contributed by atoms with E-state index in [0.29, 0.717) is 6.04 Å². The van der Waals surface area contributed by atoms with E-state index in [1.54, 1.807) is 5.57 Å². The summed E-state index contributed by atoms with van der Waals surface area (Å²) >= 11 is 0. The number of benzene rings is 1. The number of rotatable bonds is 9. The Labute approximate surface area is 167 Å². The first-order valence-corrected chi connectivity index (χ1v) is 11.6. The monoisotopic (exact) mass is 365 g/mol. The SMILES string of the molecule is CCCCC1CCCC(CCC2N=C(Cc3ccccc3)C=C2CC)CC1. The van der Waals surface area contributed by atoms with E-state index in [4.69, 9.17) is 4.99 Å². The number of hydrogen-bond donors (Lipinski definition) is 0. The largest absolute Gasteiger partial charge is 0.282 e. The first kappa shape index (κ1) is 20.4. The molecule has 2 aliphatic rings. The summed E-state index contributed by atoms with van der Waals surface area (Å²) in [6.45, 7) is 4.62. The van der Waals surface area contributed by atoms with E-state index < -0.39 is 0 Å². The highest BCUT2D eigenvalue weighted by Gasteiger charge is 2.23. The van der Waals surface area contributed by atoms with Gasteiger partial charge in [0.1, 0.15) is 0 Å². The van der Waals surface area contributed by atoms with Gasteiger partial charge in [-0.15, -0.1) is 0 Å². The third-order valence-electron chi connectivity index (χ3n) is 6.76. The van der Waals surface area contributed by atoms with Crippen LogP contribution in [0.5, 0.6) is 0 Å². The van der Waals surface area contributed by atoms with Crippen LogP contribution >= 0.6 is 0 Å². The van der Waals surface area contributed by atoms with Crippen molar-refractivity contribution in [3.05, 3.63) is 47.5 Å². The molecule has 1 aromatic carbocycles. The molecule has 3 atom stereocenters. The zero-order valence-corrected chi connectivity index (χ0v) is 17.6. The quantitative estimate of drug-likeness (QED) is 0.400. The van der Waals surface area contributed by atoms with Gasteiger partial charge in [0.05, 0.1) is 6.04 Å². The molecule has 1 aromatic rings. The third kappa shape index (κ3) is 6.33. The Morgan fingerprint density at radius 1 is 0.889 bits per heavy atom. The molecule has 0 amide bonds. The van der Waals surface area contributed by atoms with Gasteiger partial charge in [-0.2, -0.15) is 0 Å². The summed E-state index contributed by atoms with van der Waals surface area (Å²) in [4.78, 5) is 5.12. The molecule has 1 heterocycles. The number of allylic oxidation sites excluding steroid dienone is 1. The van der Waals surface area contributed by atoms with Crippen molar-refractivity contribution in [1.82, 2.24) is 0 Å². The van der Waals surface area contributed by atoms with Gasteiger partial charge in [-0.05, 0) is 48.3 Å². The Hall–Kier alpha value is -1.37. The van der Waals surface area contributed by atoms with Gasteiger partial charge < -0.3 is 0 Å². The van der Waals surface area contributed by atoms with E-state index in [0.717, 1.165) is 24.7 Å². The van der Waals surface area contributed by atoms with Crippen molar-refractivity contribution in [3.8, 4) is 0 Å². The summed E-state index contributed by atoms with van der Waals surface area (Å²) in [5.41, 5.74) is 4.24. The van der Waals surface area contributed by atoms with Crippen molar-refractivity contribution >= 4 is 5.71 Å². The molecule has 1 saturated carbocycles. The fourth-order valence-corrected chi connectivity index (χ4v) is 5.04. The molecule has 0 radical (unpaired) electrons. The highest BCUT2D eigenvalue weighted by atomic mass is 14.8. The van der Waals surface area contributed by atoms with Crippen molar-refractivity contribution in [1.29, 1.82) is 0 Å². The van der Waals surface area contributed by atoms with Gasteiger partial charge in [-0.3, -0.25) is 4.99 Å². The van der Waals surface area contributed by atoms with Crippen LogP contribution in [0.4, 0.5) is 0 Å². The van der Waals surface area contributed by atoms with Crippen LogP contribution in [-0.2, 0) is 6.42 Å². The third-order valence-corrected chi connectivity index (χ3v) is 6.76. The summed E-state index contributed by atoms with van der Waals surface area (Å²) in [7, 11) is 0. The predicted molar refractivity (Wildman–Crippen MR) is 119 cm³/mol. The van der Waals surface area contributed by atoms with Crippen molar-refractivity contribution < 1.29 is 0 Å². The second kappa shape index (κ2) is 10.8. The predicted octanol–water partition coefficient (Wildman–Crippen LogP) is 7.56. The van der Waals surface area contributed by atoms with Crippen molar-refractivity contribution in [3.63, 3.8) is 0 Å². The summed E-state index contributed by atoms with van der Waals surface area (Å²) < 4.78 is 0. The van der Waals surface area contributed by atoms with E-state index in [-0.39, 0.29) is 0 Å². The van der Waals surface area contributed by atoms with Gasteiger partial charge >= 0.3 is 0 Å². The molecule has 1 fully saturated rings. The van der Waals surface area contributed by atoms with E-state index in [2.05, 4.69) is 50.3 Å². The Morgan fingerprint density at radius 3 is 2.33 bits per heavy atom. The van der Waals surface area contributed by atoms with E-state index >= 15 is 0 Å². The van der Waals surface area contributed by atoms with E-state index in [1.807, 2.05) is 0 Å². The smallest absolute Gasteiger partial charge is 0.0716 e. The zero-order valence-electron chi connectivity index (χ0n) is 17.6. The van der Waals surface area contributed by atoms with Crippen molar-refractivity contribution in [2.45, 2.75) is 96.9 Å². The molecule has 0 N–H and O–H groups in total. The molecule has 27 heavy (non-hydrogen) atoms. The van der Waals surface area contributed by atoms with Gasteiger partial charge in [0, 0.05) is 12.1 Å². The molecular weight excluding hydrogens is 326 g/mol. The van der Waals surface area contributed by atoms with E-state index in [9.17, 15) is 0 Å². The fraction of sp³-hybridized carbons (Fsp3) is 0.654. The summed E-state index contributed by atoms with van der Waals surface area (Å²) in [5.74, 6) is 1.96. The molecule has 148 valence electrons. The first-order valence-electron chi connectivity index (χ1n) is 11.6. The van der Waals surface area contributed by atoms with Crippen LogP contribution in [0.2, 0.25) is 0 Å². The van der Waals surface area contributed by atoms with Crippen LogP contribution in [0.15, 0.2) is 47.0 Å². The van der Waals surface area contributed by atoms with Crippen molar-refractivity contribution in [2.24, 2.45) is 16.8 Å². The minimum atomic E-state index is 0.466. The molecule has 1 aliphatic heterocycles. The Balaban J connectivity index is 1.49. The first-order chi connectivity index (χ1) is 13.3. The van der Waals surface area contributed by atoms with Gasteiger partial charge in [-0.1, -0.05) is 95.5 Å². The second-order valence-corrected chi connectivity index (χ2v) is 8.83. The molecule has 3 unspecified atom stereocenters. The maximum atomic E-state index is 5.12. The van der Waals surface area contributed by atoms with Crippen LogP contribution in [0, 0.1) is 11.8 Å². The molecule has 1 nitrogen and oxygen atoms in total. The zero-order chi connectivity index (χ0) is 18.9. The van der Waals surface area contributed by atoms with Gasteiger partial charge in [-0.25, -0.2) is 0 Å². The number of unbranched alkanes of at least 4 members (excludes halogenated alkanes) is 1. The minimum absolute atomic E-state index is 0.466. The average molecular weight is 366 g/mol. The number of nitrogens with zero attached hydrogens (tertiary/aromatic N) is 1. The normalized spacial score (nSPS) is 25.8. The molecule has 0 bridgehead atoms. The van der Waals surface area contributed by atoms with Gasteiger partial charge in [0.15, 0.2) is 0 Å². The van der Waals surface area contributed by atoms with Crippen LogP contribution in [-0.4, -0.2) is 11.8 Å². The highest BCUT2D eigenvalue weighted by Crippen LogP contribution is 2.34. The summed E-state index contributed by atoms with van der Waals surface area (Å²) in [6.07, 6.45) is 18.8. The van der Waals surface area contributed by atoms with Gasteiger partial charge in [0.2, 0.25) is 0 Å². The van der Waals surface area contributed by atoms with Crippen molar-refractivity contribution in [2.75, 3.05) is 0 Å². The van der Waals surface area contributed by atoms with Crippen LogP contribution in [0.3, 0.4) is 0 Å². The van der Waals surface area contributed by atoms with Crippen LogP contribution < -0.4 is 0 Å². The molecule has 1 aliphatic carbocycles. The second-order valence-electron chi connectivity index (χ2n) is 8.83. The minimum Gasteiger partial charge on any atom is -0.282 e. The number of hydrogen-bond acceptors (Lipinski definition) is 1. The lowest BCUT2D eigenvalue weighted by Gasteiger charge is -2.18. The van der Waals surface area contributed by atoms with Crippen LogP contribution in [0.25, 0.3) is 0 Å². The molecule has 1 heteroatoms. The molecule has 0 aromatic heterocycles. The lowest BCUT2D eigenvalue weighted by atomic mass is 9.90. The molecule has 0 saturated heterocycles. The fourth-order valence-electron chi connectivity index (χ4n) is 5.04. The summed E-state index contributed by atoms with van der Waals surface area (Å²) in [6, 6.07) is 11.3. The Bertz CT molecular complexity index is 612.